The van der Waals surface area contributed by atoms with Crippen molar-refractivity contribution in [2.24, 2.45) is 5.92 Å². The minimum absolute atomic E-state index is 0.0821. The van der Waals surface area contributed by atoms with Crippen molar-refractivity contribution in [3.8, 4) is 5.75 Å². The highest BCUT2D eigenvalue weighted by molar-refractivity contribution is 5.93. The predicted molar refractivity (Wildman–Crippen MR) is 94.5 cm³/mol. The summed E-state index contributed by atoms with van der Waals surface area (Å²) in [4.78, 5) is 14.4. The van der Waals surface area contributed by atoms with Gasteiger partial charge in [-0.05, 0) is 54.4 Å². The summed E-state index contributed by atoms with van der Waals surface area (Å²) < 4.78 is 18.9. The van der Waals surface area contributed by atoms with Gasteiger partial charge in [0.25, 0.3) is 0 Å². The van der Waals surface area contributed by atoms with Gasteiger partial charge in [-0.25, -0.2) is 4.39 Å². The summed E-state index contributed by atoms with van der Waals surface area (Å²) in [7, 11) is 1.89. The molecule has 0 radical (unpaired) electrons. The Morgan fingerprint density at radius 3 is 2.80 bits per heavy atom. The van der Waals surface area contributed by atoms with Crippen LogP contribution in [-0.2, 0) is 11.2 Å². The lowest BCUT2D eigenvalue weighted by Crippen LogP contribution is -2.32. The Morgan fingerprint density at radius 2 is 2.08 bits per heavy atom. The third kappa shape index (κ3) is 4.09. The maximum atomic E-state index is 13.4. The first-order valence-corrected chi connectivity index (χ1v) is 8.21. The standard InChI is InChI=1S/C19H21FN2O3/c1-22(8-9-23)17-5-3-16(4-6-17)21-19(24)14-10-13-11-15(20)2-7-18(13)25-12-14/h2-7,11,14,23H,8-10,12H2,1H3,(H,21,24). The van der Waals surface area contributed by atoms with Gasteiger partial charge in [0.1, 0.15) is 18.2 Å². The van der Waals surface area contributed by atoms with E-state index >= 15 is 0 Å². The summed E-state index contributed by atoms with van der Waals surface area (Å²) in [5, 5.41) is 11.8. The molecular formula is C19H21FN2O3. The van der Waals surface area contributed by atoms with Crippen LogP contribution < -0.4 is 15.0 Å². The fourth-order valence-electron chi connectivity index (χ4n) is 2.85. The highest BCUT2D eigenvalue weighted by Gasteiger charge is 2.26. The number of anilines is 2. The summed E-state index contributed by atoms with van der Waals surface area (Å²) in [5.41, 5.74) is 2.36. The number of amides is 1. The maximum absolute atomic E-state index is 13.4. The molecule has 0 saturated heterocycles. The fourth-order valence-corrected chi connectivity index (χ4v) is 2.85. The molecule has 0 bridgehead atoms. The van der Waals surface area contributed by atoms with E-state index in [1.165, 1.54) is 12.1 Å². The molecule has 5 nitrogen and oxygen atoms in total. The zero-order valence-corrected chi connectivity index (χ0v) is 14.0. The number of carbonyl (C=O) groups excluding carboxylic acids is 1. The number of benzene rings is 2. The lowest BCUT2D eigenvalue weighted by atomic mass is 9.96. The summed E-state index contributed by atoms with van der Waals surface area (Å²) in [6, 6.07) is 11.8. The number of rotatable bonds is 5. The van der Waals surface area contributed by atoms with Crippen LogP contribution in [0, 0.1) is 11.7 Å². The van der Waals surface area contributed by atoms with Crippen LogP contribution in [0.4, 0.5) is 15.8 Å². The molecule has 0 saturated carbocycles. The molecule has 0 spiro atoms. The molecule has 2 aromatic rings. The molecule has 0 aliphatic carbocycles. The Balaban J connectivity index is 1.63. The van der Waals surface area contributed by atoms with Crippen molar-refractivity contribution in [2.75, 3.05) is 37.0 Å². The quantitative estimate of drug-likeness (QED) is 0.875. The second-order valence-corrected chi connectivity index (χ2v) is 6.15. The number of hydrogen-bond acceptors (Lipinski definition) is 4. The summed E-state index contributed by atoms with van der Waals surface area (Å²) in [6.45, 7) is 0.904. The van der Waals surface area contributed by atoms with Crippen molar-refractivity contribution < 1.29 is 19.0 Å². The van der Waals surface area contributed by atoms with E-state index in [0.717, 1.165) is 5.69 Å². The number of aliphatic hydroxyl groups excluding tert-OH is 1. The lowest BCUT2D eigenvalue weighted by molar-refractivity contribution is -0.121. The molecule has 25 heavy (non-hydrogen) atoms. The van der Waals surface area contributed by atoms with Crippen molar-refractivity contribution in [3.63, 3.8) is 0 Å². The number of likely N-dealkylation sites (N-methyl/N-ethyl adjacent to an activating group) is 1. The van der Waals surface area contributed by atoms with Gasteiger partial charge in [0.15, 0.2) is 0 Å². The van der Waals surface area contributed by atoms with Gasteiger partial charge >= 0.3 is 0 Å². The number of aliphatic hydroxyl groups is 1. The summed E-state index contributed by atoms with van der Waals surface area (Å²) >= 11 is 0. The van der Waals surface area contributed by atoms with Crippen LogP contribution >= 0.6 is 0 Å². The van der Waals surface area contributed by atoms with Crippen molar-refractivity contribution in [1.82, 2.24) is 0 Å². The third-order valence-electron chi connectivity index (χ3n) is 4.31. The maximum Gasteiger partial charge on any atom is 0.231 e. The van der Waals surface area contributed by atoms with Gasteiger partial charge in [-0.2, -0.15) is 0 Å². The summed E-state index contributed by atoms with van der Waals surface area (Å²) in [5.74, 6) is -0.190. The number of nitrogens with zero attached hydrogens (tertiary/aromatic N) is 1. The molecule has 0 fully saturated rings. The van der Waals surface area contributed by atoms with Crippen molar-refractivity contribution in [1.29, 1.82) is 0 Å². The number of fused-ring (bicyclic) bond motifs is 1. The number of hydrogen-bond donors (Lipinski definition) is 2. The Labute approximate surface area is 146 Å². The second-order valence-electron chi connectivity index (χ2n) is 6.15. The zero-order valence-electron chi connectivity index (χ0n) is 14.0. The molecule has 1 atom stereocenters. The van der Waals surface area contributed by atoms with Gasteiger partial charge in [0.05, 0.1) is 12.5 Å². The van der Waals surface area contributed by atoms with Crippen molar-refractivity contribution >= 4 is 17.3 Å². The minimum Gasteiger partial charge on any atom is -0.492 e. The van der Waals surface area contributed by atoms with Crippen LogP contribution in [0.3, 0.4) is 0 Å². The van der Waals surface area contributed by atoms with Crippen LogP contribution in [0.2, 0.25) is 0 Å². The topological polar surface area (TPSA) is 61.8 Å². The molecule has 6 heteroatoms. The normalized spacial score (nSPS) is 15.9. The van der Waals surface area contributed by atoms with Crippen molar-refractivity contribution in [2.45, 2.75) is 6.42 Å². The third-order valence-corrected chi connectivity index (χ3v) is 4.31. The molecule has 1 heterocycles. The van der Waals surface area contributed by atoms with Crippen LogP contribution in [0.1, 0.15) is 5.56 Å². The molecule has 2 aromatic carbocycles. The van der Waals surface area contributed by atoms with Gasteiger partial charge in [0.2, 0.25) is 5.91 Å². The molecule has 0 aromatic heterocycles. The first kappa shape index (κ1) is 17.2. The van der Waals surface area contributed by atoms with E-state index in [-0.39, 0.29) is 30.9 Å². The molecule has 3 rings (SSSR count). The van der Waals surface area contributed by atoms with Crippen LogP contribution in [0.25, 0.3) is 0 Å². The van der Waals surface area contributed by atoms with Gasteiger partial charge in [-0.3, -0.25) is 4.79 Å². The fraction of sp³-hybridized carbons (Fsp3) is 0.316. The largest absolute Gasteiger partial charge is 0.492 e. The Bertz CT molecular complexity index is 749. The van der Waals surface area contributed by atoms with E-state index in [2.05, 4.69) is 5.32 Å². The average Bonchev–Trinajstić information content (AvgIpc) is 2.61. The monoisotopic (exact) mass is 344 g/mol. The van der Waals surface area contributed by atoms with Gasteiger partial charge < -0.3 is 20.1 Å². The molecule has 132 valence electrons. The molecule has 1 unspecified atom stereocenters. The summed E-state index contributed by atoms with van der Waals surface area (Å²) in [6.07, 6.45) is 0.455. The Hall–Kier alpha value is -2.60. The number of ether oxygens (including phenoxy) is 1. The lowest BCUT2D eigenvalue weighted by Gasteiger charge is -2.24. The van der Waals surface area contributed by atoms with E-state index in [4.69, 9.17) is 9.84 Å². The first-order chi connectivity index (χ1) is 12.1. The molecule has 2 N–H and O–H groups in total. The first-order valence-electron chi connectivity index (χ1n) is 8.21. The number of carbonyl (C=O) groups is 1. The number of halogens is 1. The van der Waals surface area contributed by atoms with Gasteiger partial charge in [-0.1, -0.05) is 0 Å². The highest BCUT2D eigenvalue weighted by Crippen LogP contribution is 2.28. The smallest absolute Gasteiger partial charge is 0.231 e. The molecular weight excluding hydrogens is 323 g/mol. The zero-order chi connectivity index (χ0) is 17.8. The van der Waals surface area contributed by atoms with Crippen LogP contribution in [0.15, 0.2) is 42.5 Å². The van der Waals surface area contributed by atoms with Crippen molar-refractivity contribution in [3.05, 3.63) is 53.8 Å². The van der Waals surface area contributed by atoms with E-state index in [9.17, 15) is 9.18 Å². The van der Waals surface area contributed by atoms with E-state index in [0.29, 0.717) is 30.0 Å². The van der Waals surface area contributed by atoms with E-state index in [1.54, 1.807) is 6.07 Å². The Kier molecular flexibility index (Phi) is 5.19. The average molecular weight is 344 g/mol. The highest BCUT2D eigenvalue weighted by atomic mass is 19.1. The second kappa shape index (κ2) is 7.53. The van der Waals surface area contributed by atoms with Gasteiger partial charge in [-0.15, -0.1) is 0 Å². The van der Waals surface area contributed by atoms with Gasteiger partial charge in [0, 0.05) is 25.0 Å². The van der Waals surface area contributed by atoms with Crippen LogP contribution in [-0.4, -0.2) is 37.8 Å². The molecule has 1 aliphatic heterocycles. The minimum atomic E-state index is -0.356. The molecule has 1 aliphatic rings. The SMILES string of the molecule is CN(CCO)c1ccc(NC(=O)C2COc3ccc(F)cc3C2)cc1. The van der Waals surface area contributed by atoms with E-state index in [1.807, 2.05) is 36.2 Å². The number of nitrogens with one attached hydrogen (secondary N) is 1. The predicted octanol–water partition coefficient (Wildman–Crippen LogP) is 2.44. The molecule has 1 amide bonds. The van der Waals surface area contributed by atoms with E-state index < -0.39 is 0 Å². The Morgan fingerprint density at radius 1 is 1.32 bits per heavy atom. The van der Waals surface area contributed by atoms with Crippen LogP contribution in [0.5, 0.6) is 5.75 Å².